The number of benzene rings is 2. The van der Waals surface area contributed by atoms with Gasteiger partial charge in [0.25, 0.3) is 5.91 Å². The molecule has 0 heterocycles. The number of carbonyl (C=O) groups excluding carboxylic acids is 1. The molecule has 0 saturated heterocycles. The lowest BCUT2D eigenvalue weighted by molar-refractivity contribution is 0.102. The molecule has 5 heteroatoms. The van der Waals surface area contributed by atoms with Crippen molar-refractivity contribution in [2.45, 2.75) is 0 Å². The number of amides is 1. The number of nitrogens with one attached hydrogen (secondary N) is 1. The largest absolute Gasteiger partial charge is 0.322 e. The summed E-state index contributed by atoms with van der Waals surface area (Å²) in [6.45, 7) is 0. The fourth-order valence-corrected chi connectivity index (χ4v) is 2.21. The molecule has 0 atom stereocenters. The van der Waals surface area contributed by atoms with Gasteiger partial charge in [0.15, 0.2) is 0 Å². The summed E-state index contributed by atoms with van der Waals surface area (Å²) in [5.41, 5.74) is 1.04. The molecule has 0 unspecified atom stereocenters. The van der Waals surface area contributed by atoms with E-state index in [1.165, 1.54) is 0 Å². The van der Waals surface area contributed by atoms with Crippen molar-refractivity contribution < 1.29 is 4.79 Å². The van der Waals surface area contributed by atoms with Gasteiger partial charge in [-0.3, -0.25) is 4.79 Å². The number of hydrogen-bond acceptors (Lipinski definition) is 1. The Kier molecular flexibility index (Phi) is 4.27. The molecule has 0 aliphatic heterocycles. The average molecular weight is 345 g/mol. The van der Waals surface area contributed by atoms with Gasteiger partial charge in [-0.15, -0.1) is 0 Å². The van der Waals surface area contributed by atoms with E-state index < -0.39 is 0 Å². The van der Waals surface area contributed by atoms with E-state index in [9.17, 15) is 4.79 Å². The van der Waals surface area contributed by atoms with Crippen LogP contribution in [0.5, 0.6) is 0 Å². The predicted octanol–water partition coefficient (Wildman–Crippen LogP) is 5.01. The van der Waals surface area contributed by atoms with Gasteiger partial charge in [0, 0.05) is 15.2 Å². The highest BCUT2D eigenvalue weighted by molar-refractivity contribution is 9.10. The normalized spacial score (nSPS) is 10.2. The summed E-state index contributed by atoms with van der Waals surface area (Å²) in [7, 11) is 0. The van der Waals surface area contributed by atoms with Crippen molar-refractivity contribution in [3.63, 3.8) is 0 Å². The highest BCUT2D eigenvalue weighted by Gasteiger charge is 2.12. The molecule has 18 heavy (non-hydrogen) atoms. The van der Waals surface area contributed by atoms with Crippen molar-refractivity contribution in [1.29, 1.82) is 0 Å². The minimum Gasteiger partial charge on any atom is -0.322 e. The van der Waals surface area contributed by atoms with Crippen LogP contribution in [0.2, 0.25) is 10.0 Å². The Bertz CT molecular complexity index is 601. The fraction of sp³-hybridized carbons (Fsp3) is 0. The van der Waals surface area contributed by atoms with Crippen molar-refractivity contribution >= 4 is 50.7 Å². The van der Waals surface area contributed by atoms with Gasteiger partial charge in [0.1, 0.15) is 0 Å². The molecule has 2 rings (SSSR count). The molecule has 2 aromatic rings. The van der Waals surface area contributed by atoms with E-state index in [0.29, 0.717) is 25.8 Å². The summed E-state index contributed by atoms with van der Waals surface area (Å²) >= 11 is 15.2. The Morgan fingerprint density at radius 3 is 2.56 bits per heavy atom. The van der Waals surface area contributed by atoms with E-state index in [2.05, 4.69) is 21.2 Å². The Balaban J connectivity index is 2.25. The van der Waals surface area contributed by atoms with Gasteiger partial charge in [-0.05, 0) is 46.3 Å². The van der Waals surface area contributed by atoms with Crippen LogP contribution in [-0.2, 0) is 0 Å². The van der Waals surface area contributed by atoms with E-state index in [4.69, 9.17) is 23.2 Å². The topological polar surface area (TPSA) is 29.1 Å². The highest BCUT2D eigenvalue weighted by Crippen LogP contribution is 2.26. The second-order valence-electron chi connectivity index (χ2n) is 3.57. The second-order valence-corrected chi connectivity index (χ2v) is 5.23. The zero-order chi connectivity index (χ0) is 13.1. The molecule has 0 radical (unpaired) electrons. The Hall–Kier alpha value is -1.03. The maximum atomic E-state index is 12.0. The predicted molar refractivity (Wildman–Crippen MR) is 78.6 cm³/mol. The summed E-state index contributed by atoms with van der Waals surface area (Å²) in [5.74, 6) is -0.274. The second kappa shape index (κ2) is 5.74. The van der Waals surface area contributed by atoms with Crippen molar-refractivity contribution in [1.82, 2.24) is 0 Å². The van der Waals surface area contributed by atoms with Gasteiger partial charge < -0.3 is 5.32 Å². The molecule has 0 aliphatic rings. The highest BCUT2D eigenvalue weighted by atomic mass is 79.9. The lowest BCUT2D eigenvalue weighted by atomic mass is 10.2. The van der Waals surface area contributed by atoms with Crippen LogP contribution in [0.3, 0.4) is 0 Å². The van der Waals surface area contributed by atoms with E-state index in [-0.39, 0.29) is 5.91 Å². The molecule has 1 N–H and O–H groups in total. The standard InChI is InChI=1S/C13H8BrCl2NO/c14-11-6-2-5-10(12(11)16)13(18)17-9-4-1-3-8(15)7-9/h1-7H,(H,17,18). The molecular formula is C13H8BrCl2NO. The van der Waals surface area contributed by atoms with Crippen molar-refractivity contribution in [3.05, 3.63) is 62.5 Å². The summed E-state index contributed by atoms with van der Waals surface area (Å²) in [4.78, 5) is 12.0. The first kappa shape index (κ1) is 13.4. The first-order chi connectivity index (χ1) is 8.58. The zero-order valence-corrected chi connectivity index (χ0v) is 12.2. The lowest BCUT2D eigenvalue weighted by Crippen LogP contribution is -2.12. The van der Waals surface area contributed by atoms with Gasteiger partial charge in [0.05, 0.1) is 10.6 Å². The summed E-state index contributed by atoms with van der Waals surface area (Å²) in [5, 5.41) is 3.69. The van der Waals surface area contributed by atoms with Crippen LogP contribution in [0.25, 0.3) is 0 Å². The molecule has 0 spiro atoms. The smallest absolute Gasteiger partial charge is 0.257 e. The van der Waals surface area contributed by atoms with Crippen molar-refractivity contribution in [2.24, 2.45) is 0 Å². The van der Waals surface area contributed by atoms with Crippen LogP contribution in [0.15, 0.2) is 46.9 Å². The maximum Gasteiger partial charge on any atom is 0.257 e. The Morgan fingerprint density at radius 2 is 1.83 bits per heavy atom. The number of carbonyl (C=O) groups is 1. The third-order valence-electron chi connectivity index (χ3n) is 2.28. The van der Waals surface area contributed by atoms with Gasteiger partial charge in [-0.2, -0.15) is 0 Å². The molecule has 0 fully saturated rings. The summed E-state index contributed by atoms with van der Waals surface area (Å²) < 4.78 is 0.683. The number of rotatable bonds is 2. The lowest BCUT2D eigenvalue weighted by Gasteiger charge is -2.07. The molecule has 1 amide bonds. The van der Waals surface area contributed by atoms with E-state index in [1.54, 1.807) is 42.5 Å². The number of halogens is 3. The van der Waals surface area contributed by atoms with Gasteiger partial charge in [-0.25, -0.2) is 0 Å². The fourth-order valence-electron chi connectivity index (χ4n) is 1.44. The number of anilines is 1. The van der Waals surface area contributed by atoms with Crippen LogP contribution in [-0.4, -0.2) is 5.91 Å². The summed E-state index contributed by atoms with van der Waals surface area (Å²) in [6.07, 6.45) is 0. The molecule has 0 saturated carbocycles. The molecule has 0 aromatic heterocycles. The van der Waals surface area contributed by atoms with Crippen molar-refractivity contribution in [3.8, 4) is 0 Å². The molecule has 92 valence electrons. The molecule has 0 aliphatic carbocycles. The first-order valence-corrected chi connectivity index (χ1v) is 6.64. The van der Waals surface area contributed by atoms with Crippen LogP contribution in [0.4, 0.5) is 5.69 Å². The first-order valence-electron chi connectivity index (χ1n) is 5.09. The minimum absolute atomic E-state index is 0.274. The average Bonchev–Trinajstić information content (AvgIpc) is 2.32. The van der Waals surface area contributed by atoms with Crippen molar-refractivity contribution in [2.75, 3.05) is 5.32 Å². The van der Waals surface area contributed by atoms with Crippen LogP contribution >= 0.6 is 39.1 Å². The van der Waals surface area contributed by atoms with Crippen LogP contribution < -0.4 is 5.32 Å². The number of hydrogen-bond donors (Lipinski definition) is 1. The van der Waals surface area contributed by atoms with Crippen LogP contribution in [0, 0.1) is 0 Å². The maximum absolute atomic E-state index is 12.0. The monoisotopic (exact) mass is 343 g/mol. The molecule has 2 aromatic carbocycles. The minimum atomic E-state index is -0.274. The van der Waals surface area contributed by atoms with E-state index >= 15 is 0 Å². The molecule has 2 nitrogen and oxygen atoms in total. The van der Waals surface area contributed by atoms with Gasteiger partial charge in [-0.1, -0.05) is 35.3 Å². The third-order valence-corrected chi connectivity index (χ3v) is 3.81. The third kappa shape index (κ3) is 3.05. The van der Waals surface area contributed by atoms with Gasteiger partial charge >= 0.3 is 0 Å². The van der Waals surface area contributed by atoms with Crippen LogP contribution in [0.1, 0.15) is 10.4 Å². The Morgan fingerprint density at radius 1 is 1.11 bits per heavy atom. The Labute approximate surface area is 123 Å². The molecular weight excluding hydrogens is 337 g/mol. The van der Waals surface area contributed by atoms with E-state index in [1.807, 2.05) is 0 Å². The van der Waals surface area contributed by atoms with E-state index in [0.717, 1.165) is 0 Å². The quantitative estimate of drug-likeness (QED) is 0.815. The molecule has 0 bridgehead atoms. The zero-order valence-electron chi connectivity index (χ0n) is 9.08. The summed E-state index contributed by atoms with van der Waals surface area (Å²) in [6, 6.07) is 12.1. The SMILES string of the molecule is O=C(Nc1cccc(Cl)c1)c1cccc(Br)c1Cl. The van der Waals surface area contributed by atoms with Gasteiger partial charge in [0.2, 0.25) is 0 Å².